The zero-order chi connectivity index (χ0) is 20.5. The van der Waals surface area contributed by atoms with Gasteiger partial charge in [-0.15, -0.1) is 0 Å². The maximum atomic E-state index is 12.9. The molecule has 7 heteroatoms. The van der Waals surface area contributed by atoms with E-state index in [0.717, 1.165) is 23.4 Å². The van der Waals surface area contributed by atoms with E-state index in [1.807, 2.05) is 19.9 Å². The summed E-state index contributed by atoms with van der Waals surface area (Å²) in [4.78, 5) is 27.4. The van der Waals surface area contributed by atoms with Crippen LogP contribution in [0.15, 0.2) is 36.4 Å². The molecular weight excluding hydrogens is 392 g/mol. The molecule has 2 aromatic carbocycles. The zero-order valence-corrected chi connectivity index (χ0v) is 17.2. The number of rotatable bonds is 5. The molecular formula is C22H23ClN2O4. The summed E-state index contributed by atoms with van der Waals surface area (Å²) in [6.07, 6.45) is 1.35. The molecule has 2 amide bonds. The zero-order valence-electron chi connectivity index (χ0n) is 16.4. The van der Waals surface area contributed by atoms with Gasteiger partial charge in [-0.3, -0.25) is 9.59 Å². The second-order valence-corrected chi connectivity index (χ2v) is 7.75. The monoisotopic (exact) mass is 414 g/mol. The Kier molecular flexibility index (Phi) is 5.37. The van der Waals surface area contributed by atoms with Gasteiger partial charge in [0.15, 0.2) is 0 Å². The Labute approximate surface area is 174 Å². The van der Waals surface area contributed by atoms with Crippen molar-refractivity contribution in [3.05, 3.63) is 47.0 Å². The van der Waals surface area contributed by atoms with E-state index in [0.29, 0.717) is 36.0 Å². The van der Waals surface area contributed by atoms with Crippen LogP contribution in [-0.4, -0.2) is 31.1 Å². The fourth-order valence-corrected chi connectivity index (χ4v) is 3.96. The van der Waals surface area contributed by atoms with Crippen molar-refractivity contribution in [1.82, 2.24) is 0 Å². The quantitative estimate of drug-likeness (QED) is 0.749. The maximum absolute atomic E-state index is 12.9. The number of ether oxygens (including phenoxy) is 2. The summed E-state index contributed by atoms with van der Waals surface area (Å²) < 4.78 is 11.5. The number of benzene rings is 2. The lowest BCUT2D eigenvalue weighted by Crippen LogP contribution is -2.33. The van der Waals surface area contributed by atoms with Crippen molar-refractivity contribution in [2.75, 3.05) is 23.4 Å². The van der Waals surface area contributed by atoms with Crippen LogP contribution in [0, 0.1) is 5.92 Å². The smallest absolute Gasteiger partial charge is 0.239 e. The van der Waals surface area contributed by atoms with Crippen molar-refractivity contribution in [2.45, 2.75) is 32.8 Å². The van der Waals surface area contributed by atoms with Gasteiger partial charge in [-0.2, -0.15) is 0 Å². The number of carbonyl (C=O) groups is 2. The third-order valence-corrected chi connectivity index (χ3v) is 5.47. The average molecular weight is 415 g/mol. The first-order valence-corrected chi connectivity index (χ1v) is 10.2. The Hall–Kier alpha value is -2.73. The van der Waals surface area contributed by atoms with E-state index in [1.54, 1.807) is 35.2 Å². The maximum Gasteiger partial charge on any atom is 0.239 e. The lowest BCUT2D eigenvalue weighted by molar-refractivity contribution is -0.129. The van der Waals surface area contributed by atoms with E-state index in [9.17, 15) is 9.59 Å². The molecule has 2 aliphatic heterocycles. The third-order valence-electron chi connectivity index (χ3n) is 5.22. The minimum atomic E-state index is -0.742. The molecule has 2 aliphatic rings. The largest absolute Gasteiger partial charge is 0.492 e. The van der Waals surface area contributed by atoms with Crippen LogP contribution in [0.5, 0.6) is 11.5 Å². The number of fused-ring (bicyclic) bond motifs is 1. The third kappa shape index (κ3) is 3.90. The Morgan fingerprint density at radius 2 is 2.07 bits per heavy atom. The van der Waals surface area contributed by atoms with E-state index >= 15 is 0 Å². The molecule has 4 rings (SSSR count). The van der Waals surface area contributed by atoms with E-state index in [-0.39, 0.29) is 17.9 Å². The number of hydrogen-bond donors (Lipinski definition) is 1. The number of amides is 2. The molecule has 152 valence electrons. The van der Waals surface area contributed by atoms with E-state index < -0.39 is 5.92 Å². The fraction of sp³-hybridized carbons (Fsp3) is 0.364. The van der Waals surface area contributed by atoms with Gasteiger partial charge in [0.25, 0.3) is 0 Å². The summed E-state index contributed by atoms with van der Waals surface area (Å²) >= 11 is 5.92. The van der Waals surface area contributed by atoms with Crippen molar-refractivity contribution in [1.29, 1.82) is 0 Å². The molecule has 0 saturated carbocycles. The predicted molar refractivity (Wildman–Crippen MR) is 112 cm³/mol. The Morgan fingerprint density at radius 3 is 2.79 bits per heavy atom. The first-order valence-electron chi connectivity index (χ1n) is 9.80. The van der Waals surface area contributed by atoms with E-state index in [2.05, 4.69) is 5.32 Å². The van der Waals surface area contributed by atoms with Crippen molar-refractivity contribution < 1.29 is 19.1 Å². The van der Waals surface area contributed by atoms with Crippen LogP contribution < -0.4 is 19.7 Å². The van der Waals surface area contributed by atoms with Crippen LogP contribution in [0.25, 0.3) is 0 Å². The van der Waals surface area contributed by atoms with Crippen LogP contribution in [0.1, 0.15) is 25.8 Å². The SMILES string of the molecule is CCOc1cc2c(cc1NC(=O)C1CCN(c3ccc(Cl)cc3)C1=O)OC(C)C2. The molecule has 1 fully saturated rings. The van der Waals surface area contributed by atoms with Crippen molar-refractivity contribution >= 4 is 34.8 Å². The number of nitrogens with one attached hydrogen (secondary N) is 1. The molecule has 0 aromatic heterocycles. The highest BCUT2D eigenvalue weighted by atomic mass is 35.5. The fourth-order valence-electron chi connectivity index (χ4n) is 3.83. The summed E-state index contributed by atoms with van der Waals surface area (Å²) in [5.41, 5.74) is 2.33. The normalized spacial score (nSPS) is 20.4. The molecule has 2 heterocycles. The number of halogens is 1. The van der Waals surface area contributed by atoms with E-state index in [1.165, 1.54) is 0 Å². The molecule has 2 atom stereocenters. The van der Waals surface area contributed by atoms with Crippen LogP contribution in [-0.2, 0) is 16.0 Å². The van der Waals surface area contributed by atoms with Gasteiger partial charge in [-0.25, -0.2) is 0 Å². The predicted octanol–water partition coefficient (Wildman–Crippen LogP) is 4.05. The summed E-state index contributed by atoms with van der Waals surface area (Å²) in [7, 11) is 0. The number of hydrogen-bond acceptors (Lipinski definition) is 4. The molecule has 0 aliphatic carbocycles. The molecule has 29 heavy (non-hydrogen) atoms. The van der Waals surface area contributed by atoms with Crippen LogP contribution in [0.4, 0.5) is 11.4 Å². The van der Waals surface area contributed by atoms with Gasteiger partial charge >= 0.3 is 0 Å². The molecule has 0 bridgehead atoms. The summed E-state index contributed by atoms with van der Waals surface area (Å²) in [5.74, 6) is 0.0505. The van der Waals surface area contributed by atoms with Gasteiger partial charge < -0.3 is 19.7 Å². The highest BCUT2D eigenvalue weighted by molar-refractivity contribution is 6.30. The Bertz CT molecular complexity index is 945. The molecule has 0 radical (unpaired) electrons. The number of carbonyl (C=O) groups excluding carboxylic acids is 2. The average Bonchev–Trinajstić information content (AvgIpc) is 3.24. The van der Waals surface area contributed by atoms with Crippen molar-refractivity contribution in [3.8, 4) is 11.5 Å². The van der Waals surface area contributed by atoms with Crippen LogP contribution in [0.2, 0.25) is 5.02 Å². The van der Waals surface area contributed by atoms with Gasteiger partial charge in [0.1, 0.15) is 23.5 Å². The molecule has 6 nitrogen and oxygen atoms in total. The summed E-state index contributed by atoms with van der Waals surface area (Å²) in [5, 5.41) is 3.48. The van der Waals surface area contributed by atoms with Crippen molar-refractivity contribution in [2.24, 2.45) is 5.92 Å². The van der Waals surface area contributed by atoms with Crippen LogP contribution >= 0.6 is 11.6 Å². The second kappa shape index (κ2) is 7.95. The molecule has 2 aromatic rings. The lowest BCUT2D eigenvalue weighted by Gasteiger charge is -2.18. The highest BCUT2D eigenvalue weighted by Gasteiger charge is 2.38. The molecule has 2 unspecified atom stereocenters. The van der Waals surface area contributed by atoms with E-state index in [4.69, 9.17) is 21.1 Å². The van der Waals surface area contributed by atoms with Gasteiger partial charge in [0, 0.05) is 35.3 Å². The molecule has 1 saturated heterocycles. The number of anilines is 2. The lowest BCUT2D eigenvalue weighted by atomic mass is 10.1. The number of nitrogens with zero attached hydrogens (tertiary/aromatic N) is 1. The first kappa shape index (κ1) is 19.6. The summed E-state index contributed by atoms with van der Waals surface area (Å²) in [6.45, 7) is 4.86. The Balaban J connectivity index is 1.52. The van der Waals surface area contributed by atoms with Gasteiger partial charge in [0.05, 0.1) is 12.3 Å². The summed E-state index contributed by atoms with van der Waals surface area (Å²) in [6, 6.07) is 10.7. The van der Waals surface area contributed by atoms with Gasteiger partial charge in [0.2, 0.25) is 11.8 Å². The Morgan fingerprint density at radius 1 is 1.31 bits per heavy atom. The van der Waals surface area contributed by atoms with Crippen LogP contribution in [0.3, 0.4) is 0 Å². The minimum Gasteiger partial charge on any atom is -0.492 e. The van der Waals surface area contributed by atoms with Crippen molar-refractivity contribution in [3.63, 3.8) is 0 Å². The topological polar surface area (TPSA) is 67.9 Å². The molecule has 1 N–H and O–H groups in total. The van der Waals surface area contributed by atoms with Gasteiger partial charge in [-0.1, -0.05) is 11.6 Å². The standard InChI is InChI=1S/C22H23ClN2O4/c1-3-28-20-11-14-10-13(2)29-19(14)12-18(20)24-21(26)17-8-9-25(22(17)27)16-6-4-15(23)5-7-16/h4-7,11-13,17H,3,8-10H2,1-2H3,(H,24,26). The minimum absolute atomic E-state index is 0.0924. The first-order chi connectivity index (χ1) is 14.0. The molecule has 0 spiro atoms. The highest BCUT2D eigenvalue weighted by Crippen LogP contribution is 2.38. The second-order valence-electron chi connectivity index (χ2n) is 7.32. The van der Waals surface area contributed by atoms with Gasteiger partial charge in [-0.05, 0) is 50.6 Å².